The van der Waals surface area contributed by atoms with Gasteiger partial charge >= 0.3 is 6.18 Å². The van der Waals surface area contributed by atoms with E-state index < -0.39 is 17.6 Å². The summed E-state index contributed by atoms with van der Waals surface area (Å²) in [5, 5.41) is 3.55. The number of carbonyl (C=O) groups is 1. The number of benzene rings is 2. The summed E-state index contributed by atoms with van der Waals surface area (Å²) in [5.74, 6) is 5.60. The number of likely N-dealkylation sites (N-methyl/N-ethyl adjacent to an activating group) is 1. The minimum atomic E-state index is -4.53. The zero-order valence-electron chi connectivity index (χ0n) is 20.8. The molecule has 5 rings (SSSR count). The van der Waals surface area contributed by atoms with Gasteiger partial charge in [-0.2, -0.15) is 13.2 Å². The zero-order valence-corrected chi connectivity index (χ0v) is 20.8. The number of carbonyl (C=O) groups excluding carboxylic acids is 1. The predicted molar refractivity (Wildman–Crippen MR) is 141 cm³/mol. The number of H-pyrrole nitrogens is 1. The SMILES string of the molecule is CN1CCN(Cc2ccc(NC(=O)c3cccc(C#Cc4cncc5[nH]ccc45)c3)cc2C(F)(F)F)CC1. The lowest BCUT2D eigenvalue weighted by Gasteiger charge is -2.33. The van der Waals surface area contributed by atoms with Crippen LogP contribution in [0.2, 0.25) is 0 Å². The van der Waals surface area contributed by atoms with E-state index in [9.17, 15) is 18.0 Å². The molecule has 1 fully saturated rings. The molecule has 0 saturated carbocycles. The smallest absolute Gasteiger partial charge is 0.360 e. The van der Waals surface area contributed by atoms with Gasteiger partial charge in [0.15, 0.2) is 0 Å². The van der Waals surface area contributed by atoms with Crippen molar-refractivity contribution >= 4 is 22.5 Å². The third-order valence-corrected chi connectivity index (χ3v) is 6.61. The van der Waals surface area contributed by atoms with Crippen molar-refractivity contribution in [1.29, 1.82) is 0 Å². The molecule has 6 nitrogen and oxygen atoms in total. The van der Waals surface area contributed by atoms with E-state index in [0.717, 1.165) is 35.6 Å². The van der Waals surface area contributed by atoms with Crippen LogP contribution in [0.1, 0.15) is 32.6 Å². The van der Waals surface area contributed by atoms with E-state index in [2.05, 4.69) is 32.0 Å². The molecule has 38 heavy (non-hydrogen) atoms. The van der Waals surface area contributed by atoms with E-state index in [1.165, 1.54) is 12.1 Å². The van der Waals surface area contributed by atoms with Gasteiger partial charge in [0.1, 0.15) is 0 Å². The van der Waals surface area contributed by atoms with Gasteiger partial charge in [0.2, 0.25) is 0 Å². The molecule has 1 saturated heterocycles. The van der Waals surface area contributed by atoms with E-state index in [1.54, 1.807) is 36.7 Å². The number of aromatic amines is 1. The number of pyridine rings is 1. The van der Waals surface area contributed by atoms with Crippen molar-refractivity contribution < 1.29 is 18.0 Å². The molecule has 1 aliphatic heterocycles. The number of halogens is 3. The maximum atomic E-state index is 13.9. The topological polar surface area (TPSA) is 64.3 Å². The Morgan fingerprint density at radius 1 is 1.05 bits per heavy atom. The predicted octanol–water partition coefficient (Wildman–Crippen LogP) is 4.98. The Bertz CT molecular complexity index is 1520. The maximum Gasteiger partial charge on any atom is 0.416 e. The van der Waals surface area contributed by atoms with Crippen LogP contribution in [0.3, 0.4) is 0 Å². The van der Waals surface area contributed by atoms with Gasteiger partial charge in [0.25, 0.3) is 5.91 Å². The van der Waals surface area contributed by atoms with Gasteiger partial charge in [-0.25, -0.2) is 0 Å². The number of fused-ring (bicyclic) bond motifs is 1. The summed E-state index contributed by atoms with van der Waals surface area (Å²) < 4.78 is 41.7. The van der Waals surface area contributed by atoms with Gasteiger partial charge in [-0.1, -0.05) is 24.0 Å². The summed E-state index contributed by atoms with van der Waals surface area (Å²) in [7, 11) is 2.00. The van der Waals surface area contributed by atoms with Crippen molar-refractivity contribution in [3.63, 3.8) is 0 Å². The molecule has 0 atom stereocenters. The Kier molecular flexibility index (Phi) is 7.18. The van der Waals surface area contributed by atoms with Gasteiger partial charge in [-0.05, 0) is 49.0 Å². The van der Waals surface area contributed by atoms with Crippen LogP contribution < -0.4 is 5.32 Å². The molecule has 1 aliphatic rings. The summed E-state index contributed by atoms with van der Waals surface area (Å²) in [4.78, 5) is 24.3. The Labute approximate surface area is 218 Å². The molecule has 0 bridgehead atoms. The molecular formula is C29H26F3N5O. The van der Waals surface area contributed by atoms with Crippen molar-refractivity contribution in [2.45, 2.75) is 12.7 Å². The molecule has 0 unspecified atom stereocenters. The van der Waals surface area contributed by atoms with Gasteiger partial charge < -0.3 is 15.2 Å². The second-order valence-corrected chi connectivity index (χ2v) is 9.36. The summed E-state index contributed by atoms with van der Waals surface area (Å²) in [5.41, 5.74) is 2.07. The number of hydrogen-bond acceptors (Lipinski definition) is 4. The Balaban J connectivity index is 1.33. The number of nitrogens with one attached hydrogen (secondary N) is 2. The molecule has 0 radical (unpaired) electrons. The lowest BCUT2D eigenvalue weighted by Crippen LogP contribution is -2.44. The van der Waals surface area contributed by atoms with Crippen LogP contribution in [0.5, 0.6) is 0 Å². The average Bonchev–Trinajstić information content (AvgIpc) is 3.39. The highest BCUT2D eigenvalue weighted by atomic mass is 19.4. The lowest BCUT2D eigenvalue weighted by molar-refractivity contribution is -0.138. The maximum absolute atomic E-state index is 13.9. The minimum absolute atomic E-state index is 0.0890. The number of amides is 1. The largest absolute Gasteiger partial charge is 0.416 e. The van der Waals surface area contributed by atoms with Crippen molar-refractivity contribution in [2.75, 3.05) is 38.5 Å². The van der Waals surface area contributed by atoms with E-state index in [0.29, 0.717) is 24.2 Å². The van der Waals surface area contributed by atoms with Gasteiger partial charge in [0, 0.05) is 67.3 Å². The minimum Gasteiger partial charge on any atom is -0.360 e. The summed E-state index contributed by atoms with van der Waals surface area (Å²) in [6.07, 6.45) is 0.668. The van der Waals surface area contributed by atoms with Crippen LogP contribution in [0.4, 0.5) is 18.9 Å². The first-order valence-corrected chi connectivity index (χ1v) is 12.2. The zero-order chi connectivity index (χ0) is 26.7. The van der Waals surface area contributed by atoms with Gasteiger partial charge in [0.05, 0.1) is 22.8 Å². The molecule has 4 aromatic rings. The van der Waals surface area contributed by atoms with Gasteiger partial charge in [-0.15, -0.1) is 0 Å². The number of aromatic nitrogens is 2. The lowest BCUT2D eigenvalue weighted by atomic mass is 10.0. The standard InChI is InChI=1S/C29H26F3N5O/c1-36-11-13-37(14-12-36)19-23-7-8-24(16-26(23)29(30,31)32)35-28(38)21-4-2-3-20(15-21)5-6-22-17-33-18-27-25(22)9-10-34-27/h2-4,7-10,15-18,34H,11-14,19H2,1H3,(H,35,38). The van der Waals surface area contributed by atoms with Crippen molar-refractivity contribution in [2.24, 2.45) is 0 Å². The van der Waals surface area contributed by atoms with Crippen LogP contribution in [0, 0.1) is 11.8 Å². The first-order valence-electron chi connectivity index (χ1n) is 12.2. The third kappa shape index (κ3) is 5.88. The fourth-order valence-electron chi connectivity index (χ4n) is 4.46. The summed E-state index contributed by atoms with van der Waals surface area (Å²) >= 11 is 0. The van der Waals surface area contributed by atoms with Crippen LogP contribution in [-0.2, 0) is 12.7 Å². The number of piperazine rings is 1. The fraction of sp³-hybridized carbons (Fsp3) is 0.241. The molecule has 194 valence electrons. The summed E-state index contributed by atoms with van der Waals surface area (Å²) in [6, 6.07) is 12.6. The van der Waals surface area contributed by atoms with Crippen molar-refractivity contribution in [3.05, 3.63) is 94.9 Å². The highest BCUT2D eigenvalue weighted by Gasteiger charge is 2.34. The molecule has 0 aliphatic carbocycles. The van der Waals surface area contributed by atoms with Crippen molar-refractivity contribution in [3.8, 4) is 11.8 Å². The number of alkyl halides is 3. The normalized spacial score (nSPS) is 14.7. The Morgan fingerprint density at radius 3 is 2.66 bits per heavy atom. The fourth-order valence-corrected chi connectivity index (χ4v) is 4.46. The monoisotopic (exact) mass is 517 g/mol. The molecular weight excluding hydrogens is 491 g/mol. The Hall–Kier alpha value is -4.13. The number of nitrogens with zero attached hydrogens (tertiary/aromatic N) is 3. The van der Waals surface area contributed by atoms with E-state index in [4.69, 9.17) is 0 Å². The molecule has 2 aromatic carbocycles. The molecule has 1 amide bonds. The van der Waals surface area contributed by atoms with E-state index >= 15 is 0 Å². The second kappa shape index (κ2) is 10.7. The first kappa shape index (κ1) is 25.5. The highest BCUT2D eigenvalue weighted by Crippen LogP contribution is 2.34. The molecule has 9 heteroatoms. The van der Waals surface area contributed by atoms with Crippen LogP contribution >= 0.6 is 0 Å². The highest BCUT2D eigenvalue weighted by molar-refractivity contribution is 6.04. The van der Waals surface area contributed by atoms with Crippen LogP contribution in [0.25, 0.3) is 10.9 Å². The van der Waals surface area contributed by atoms with Crippen molar-refractivity contribution in [1.82, 2.24) is 19.8 Å². The Morgan fingerprint density at radius 2 is 1.87 bits per heavy atom. The molecule has 3 heterocycles. The second-order valence-electron chi connectivity index (χ2n) is 9.36. The van der Waals surface area contributed by atoms with Crippen LogP contribution in [0.15, 0.2) is 67.1 Å². The quantitative estimate of drug-likeness (QED) is 0.375. The number of anilines is 1. The van der Waals surface area contributed by atoms with Crippen LogP contribution in [-0.4, -0.2) is 58.9 Å². The van der Waals surface area contributed by atoms with E-state index in [-0.39, 0.29) is 17.8 Å². The molecule has 2 aromatic heterocycles. The third-order valence-electron chi connectivity index (χ3n) is 6.61. The summed E-state index contributed by atoms with van der Waals surface area (Å²) in [6.45, 7) is 3.27. The molecule has 0 spiro atoms. The number of hydrogen-bond donors (Lipinski definition) is 2. The average molecular weight is 518 g/mol. The number of rotatable bonds is 4. The van der Waals surface area contributed by atoms with Gasteiger partial charge in [-0.3, -0.25) is 14.7 Å². The van der Waals surface area contributed by atoms with E-state index in [1.807, 2.05) is 24.2 Å². The molecule has 2 N–H and O–H groups in total. The first-order chi connectivity index (χ1) is 18.3.